The third kappa shape index (κ3) is 3.03. The molecule has 0 radical (unpaired) electrons. The molecule has 1 aliphatic heterocycles. The Labute approximate surface area is 110 Å². The van der Waals surface area contributed by atoms with Gasteiger partial charge in [-0.1, -0.05) is 31.0 Å². The lowest BCUT2D eigenvalue weighted by Crippen LogP contribution is -2.46. The molecule has 0 saturated carbocycles. The summed E-state index contributed by atoms with van der Waals surface area (Å²) >= 11 is 0. The Morgan fingerprint density at radius 2 is 2.22 bits per heavy atom. The second kappa shape index (κ2) is 5.72. The summed E-state index contributed by atoms with van der Waals surface area (Å²) < 4.78 is 0. The van der Waals surface area contributed by atoms with Gasteiger partial charge in [0.2, 0.25) is 0 Å². The molecular formula is C15H24N2O. The number of piperidine rings is 1. The minimum atomic E-state index is 0.345. The zero-order chi connectivity index (χ0) is 13.1. The highest BCUT2D eigenvalue weighted by molar-refractivity contribution is 5.35. The maximum atomic E-state index is 9.89. The Balaban J connectivity index is 2.03. The van der Waals surface area contributed by atoms with Crippen LogP contribution < -0.4 is 5.73 Å². The van der Waals surface area contributed by atoms with Crippen molar-refractivity contribution in [3.63, 3.8) is 0 Å². The number of benzene rings is 1. The summed E-state index contributed by atoms with van der Waals surface area (Å²) in [6.45, 7) is 7.18. The minimum Gasteiger partial charge on any atom is -0.508 e. The molecule has 100 valence electrons. The first-order chi connectivity index (χ1) is 8.60. The van der Waals surface area contributed by atoms with Crippen LogP contribution in [0.2, 0.25) is 0 Å². The number of aryl methyl sites for hydroxylation is 1. The van der Waals surface area contributed by atoms with Gasteiger partial charge in [-0.2, -0.15) is 0 Å². The van der Waals surface area contributed by atoms with Gasteiger partial charge < -0.3 is 10.8 Å². The molecule has 3 N–H and O–H groups in total. The molecule has 0 spiro atoms. The summed E-state index contributed by atoms with van der Waals surface area (Å²) in [5.74, 6) is 0.995. The third-order valence-electron chi connectivity index (χ3n) is 4.03. The van der Waals surface area contributed by atoms with Crippen LogP contribution in [0.4, 0.5) is 0 Å². The lowest BCUT2D eigenvalue weighted by molar-refractivity contribution is 0.144. The fraction of sp³-hybridized carbons (Fsp3) is 0.600. The van der Waals surface area contributed by atoms with Crippen LogP contribution in [0.25, 0.3) is 0 Å². The quantitative estimate of drug-likeness (QED) is 0.862. The summed E-state index contributed by atoms with van der Waals surface area (Å²) in [5, 5.41) is 9.89. The number of hydrogen-bond donors (Lipinski definition) is 2. The monoisotopic (exact) mass is 248 g/mol. The van der Waals surface area contributed by atoms with Crippen molar-refractivity contribution in [3.05, 3.63) is 29.3 Å². The van der Waals surface area contributed by atoms with Crippen molar-refractivity contribution in [1.29, 1.82) is 0 Å². The summed E-state index contributed by atoms with van der Waals surface area (Å²) in [7, 11) is 0. The number of aromatic hydroxyl groups is 1. The number of nitrogens with two attached hydrogens (primary N) is 1. The molecule has 18 heavy (non-hydrogen) atoms. The highest BCUT2D eigenvalue weighted by atomic mass is 16.3. The van der Waals surface area contributed by atoms with E-state index in [-0.39, 0.29) is 0 Å². The average Bonchev–Trinajstić information content (AvgIpc) is 2.36. The normalized spacial score (nSPS) is 25.3. The standard InChI is InChI=1S/C15H24N2O/c1-3-12-9-17(7-6-14(12)16)10-13-8-11(2)4-5-15(13)18/h4-5,8,12,14,18H,3,6-7,9-10,16H2,1-2H3. The molecule has 1 heterocycles. The SMILES string of the molecule is CCC1CN(Cc2cc(C)ccc2O)CCC1N. The zero-order valence-corrected chi connectivity index (χ0v) is 11.4. The first-order valence-electron chi connectivity index (χ1n) is 6.86. The van der Waals surface area contributed by atoms with Gasteiger partial charge in [-0.15, -0.1) is 0 Å². The molecule has 1 aromatic carbocycles. The van der Waals surface area contributed by atoms with Crippen molar-refractivity contribution in [2.75, 3.05) is 13.1 Å². The predicted octanol–water partition coefficient (Wildman–Crippen LogP) is 2.26. The number of hydrogen-bond acceptors (Lipinski definition) is 3. The van der Waals surface area contributed by atoms with E-state index in [1.807, 2.05) is 6.07 Å². The summed E-state index contributed by atoms with van der Waals surface area (Å²) in [6, 6.07) is 6.15. The van der Waals surface area contributed by atoms with Crippen LogP contribution in [0.3, 0.4) is 0 Å². The Morgan fingerprint density at radius 1 is 1.44 bits per heavy atom. The molecule has 0 bridgehead atoms. The average molecular weight is 248 g/mol. The van der Waals surface area contributed by atoms with E-state index < -0.39 is 0 Å². The molecule has 2 rings (SSSR count). The fourth-order valence-corrected chi connectivity index (χ4v) is 2.78. The third-order valence-corrected chi connectivity index (χ3v) is 4.03. The minimum absolute atomic E-state index is 0.345. The van der Waals surface area contributed by atoms with Gasteiger partial charge in [-0.3, -0.25) is 4.90 Å². The number of phenols is 1. The molecule has 1 fully saturated rings. The van der Waals surface area contributed by atoms with Gasteiger partial charge in [0.15, 0.2) is 0 Å². The topological polar surface area (TPSA) is 49.5 Å². The van der Waals surface area contributed by atoms with Gasteiger partial charge in [0.05, 0.1) is 0 Å². The maximum Gasteiger partial charge on any atom is 0.120 e. The molecule has 1 saturated heterocycles. The van der Waals surface area contributed by atoms with Gasteiger partial charge >= 0.3 is 0 Å². The van der Waals surface area contributed by atoms with E-state index in [9.17, 15) is 5.11 Å². The molecule has 0 aliphatic carbocycles. The lowest BCUT2D eigenvalue weighted by atomic mass is 9.90. The molecule has 3 nitrogen and oxygen atoms in total. The van der Waals surface area contributed by atoms with Crippen molar-refractivity contribution in [2.24, 2.45) is 11.7 Å². The van der Waals surface area contributed by atoms with Crippen LogP contribution >= 0.6 is 0 Å². The van der Waals surface area contributed by atoms with E-state index in [0.29, 0.717) is 17.7 Å². The highest BCUT2D eigenvalue weighted by Crippen LogP contribution is 2.24. The number of likely N-dealkylation sites (tertiary alicyclic amines) is 1. The van der Waals surface area contributed by atoms with Gasteiger partial charge in [0, 0.05) is 24.7 Å². The summed E-state index contributed by atoms with van der Waals surface area (Å²) in [6.07, 6.45) is 2.20. The van der Waals surface area contributed by atoms with Crippen LogP contribution in [-0.4, -0.2) is 29.1 Å². The van der Waals surface area contributed by atoms with E-state index in [4.69, 9.17) is 5.73 Å². The van der Waals surface area contributed by atoms with Crippen LogP contribution in [0.5, 0.6) is 5.75 Å². The van der Waals surface area contributed by atoms with Gasteiger partial charge in [0.1, 0.15) is 5.75 Å². The molecular weight excluding hydrogens is 224 g/mol. The second-order valence-corrected chi connectivity index (χ2v) is 5.49. The lowest BCUT2D eigenvalue weighted by Gasteiger charge is -2.36. The Kier molecular flexibility index (Phi) is 4.25. The Bertz CT molecular complexity index is 405. The number of phenolic OH excluding ortho intramolecular Hbond substituents is 1. The highest BCUT2D eigenvalue weighted by Gasteiger charge is 2.25. The van der Waals surface area contributed by atoms with E-state index in [1.54, 1.807) is 6.07 Å². The van der Waals surface area contributed by atoms with Gasteiger partial charge in [-0.25, -0.2) is 0 Å². The number of rotatable bonds is 3. The van der Waals surface area contributed by atoms with E-state index >= 15 is 0 Å². The predicted molar refractivity (Wildman–Crippen MR) is 74.5 cm³/mol. The maximum absolute atomic E-state index is 9.89. The number of nitrogens with zero attached hydrogens (tertiary/aromatic N) is 1. The van der Waals surface area contributed by atoms with Gasteiger partial charge in [0.25, 0.3) is 0 Å². The smallest absolute Gasteiger partial charge is 0.120 e. The summed E-state index contributed by atoms with van der Waals surface area (Å²) in [5.41, 5.74) is 8.35. The first kappa shape index (κ1) is 13.4. The molecule has 1 aliphatic rings. The molecule has 2 unspecified atom stereocenters. The van der Waals surface area contributed by atoms with Crippen LogP contribution in [0, 0.1) is 12.8 Å². The van der Waals surface area contributed by atoms with Crippen molar-refractivity contribution in [2.45, 2.75) is 39.3 Å². The molecule has 0 amide bonds. The molecule has 0 aromatic heterocycles. The molecule has 3 heteroatoms. The molecule has 1 aromatic rings. The van der Waals surface area contributed by atoms with Crippen LogP contribution in [0.1, 0.15) is 30.9 Å². The zero-order valence-electron chi connectivity index (χ0n) is 11.4. The van der Waals surface area contributed by atoms with E-state index in [2.05, 4.69) is 24.8 Å². The molecule has 2 atom stereocenters. The largest absolute Gasteiger partial charge is 0.508 e. The second-order valence-electron chi connectivity index (χ2n) is 5.49. The van der Waals surface area contributed by atoms with Crippen molar-refractivity contribution >= 4 is 0 Å². The Hall–Kier alpha value is -1.06. The Morgan fingerprint density at radius 3 is 2.94 bits per heavy atom. The fourth-order valence-electron chi connectivity index (χ4n) is 2.78. The first-order valence-corrected chi connectivity index (χ1v) is 6.86. The summed E-state index contributed by atoms with van der Waals surface area (Å²) in [4.78, 5) is 2.41. The van der Waals surface area contributed by atoms with E-state index in [0.717, 1.165) is 38.0 Å². The van der Waals surface area contributed by atoms with E-state index in [1.165, 1.54) is 5.56 Å². The van der Waals surface area contributed by atoms with Crippen LogP contribution in [0.15, 0.2) is 18.2 Å². The van der Waals surface area contributed by atoms with Crippen molar-refractivity contribution in [1.82, 2.24) is 4.90 Å². The van der Waals surface area contributed by atoms with Crippen LogP contribution in [-0.2, 0) is 6.54 Å². The van der Waals surface area contributed by atoms with Crippen molar-refractivity contribution < 1.29 is 5.11 Å². The van der Waals surface area contributed by atoms with Gasteiger partial charge in [-0.05, 0) is 31.9 Å². The van der Waals surface area contributed by atoms with Crippen molar-refractivity contribution in [3.8, 4) is 5.75 Å².